The topological polar surface area (TPSA) is 0 Å². The van der Waals surface area contributed by atoms with Crippen LogP contribution in [-0.4, -0.2) is 0 Å². The Labute approximate surface area is 76.4 Å². The van der Waals surface area contributed by atoms with E-state index in [1.54, 1.807) is 0 Å². The number of hydrogen-bond acceptors (Lipinski definition) is 0. The fourth-order valence-corrected chi connectivity index (χ4v) is 1.68. The summed E-state index contributed by atoms with van der Waals surface area (Å²) < 4.78 is 0. The van der Waals surface area contributed by atoms with Gasteiger partial charge in [0.05, 0.1) is 0 Å². The molecule has 51 valence electrons. The van der Waals surface area contributed by atoms with Crippen LogP contribution < -0.4 is 0 Å². The zero-order valence-electron chi connectivity index (χ0n) is 4.24. The molecular weight excluding hydrogens is 296 g/mol. The van der Waals surface area contributed by atoms with Gasteiger partial charge in [-0.15, -0.1) is 5.53 Å². The first-order valence-electron chi connectivity index (χ1n) is 1.92. The minimum absolute atomic E-state index is 0.866. The summed E-state index contributed by atoms with van der Waals surface area (Å²) in [5.74, 6) is 4.25. The number of hydrogen-bond donors (Lipinski definition) is 0. The molecule has 0 aromatic carbocycles. The van der Waals surface area contributed by atoms with Crippen molar-refractivity contribution in [2.24, 2.45) is 0 Å². The third kappa shape index (κ3) is 13.0. The summed E-state index contributed by atoms with van der Waals surface area (Å²) in [6, 6.07) is 0. The molecule has 1 aromatic heterocycles. The van der Waals surface area contributed by atoms with Gasteiger partial charge in [-0.2, -0.15) is 11.6 Å². The molecule has 0 fully saturated rings. The minimum atomic E-state index is -2.13. The molecule has 0 N–H and O–H groups in total. The maximum Gasteiger partial charge on any atom is -0.131 e. The normalized spacial score (nSPS) is 9.22. The molecule has 0 aliphatic heterocycles. The standard InChI is InChI=1S/C3H3P2.3ClH.Zr/c1-2-5-3-4-1;;;;/h1-2,4H;3*1H;/q-1;;;;+3/p-3. The average Bonchev–Trinajstić information content (AvgIpc) is 2.11. The zero-order valence-corrected chi connectivity index (χ0v) is 10.9. The van der Waals surface area contributed by atoms with Gasteiger partial charge in [0.1, 0.15) is 0 Å². The van der Waals surface area contributed by atoms with E-state index in [1.807, 2.05) is 0 Å². The Bertz CT molecular complexity index is 101. The SMILES string of the molecule is [Cl][Zr]([Cl])[Cl].[c-]1pcc[pH]1. The van der Waals surface area contributed by atoms with E-state index in [-0.39, 0.29) is 0 Å². The molecule has 0 saturated carbocycles. The van der Waals surface area contributed by atoms with E-state index in [0.717, 1.165) is 8.19 Å². The smallest absolute Gasteiger partial charge is 0.131 e. The summed E-state index contributed by atoms with van der Waals surface area (Å²) in [6.45, 7) is 0. The van der Waals surface area contributed by atoms with Gasteiger partial charge in [0.2, 0.25) is 0 Å². The van der Waals surface area contributed by atoms with Gasteiger partial charge in [-0.25, -0.2) is 8.19 Å². The molecule has 0 aliphatic rings. The Balaban J connectivity index is 0.000000148. The molecule has 9 heavy (non-hydrogen) atoms. The van der Waals surface area contributed by atoms with Gasteiger partial charge >= 0.3 is 43.7 Å². The van der Waals surface area contributed by atoms with Crippen LogP contribution in [0.3, 0.4) is 0 Å². The summed E-state index contributed by atoms with van der Waals surface area (Å²) in [6.07, 6.45) is 0. The van der Waals surface area contributed by atoms with Crippen molar-refractivity contribution < 1.29 is 18.2 Å². The van der Waals surface area contributed by atoms with Crippen LogP contribution in [-0.2, 0) is 18.2 Å². The van der Waals surface area contributed by atoms with Crippen molar-refractivity contribution in [2.75, 3.05) is 0 Å². The van der Waals surface area contributed by atoms with Crippen molar-refractivity contribution in [3.8, 4) is 0 Å². The Hall–Kier alpha value is 1.96. The molecule has 0 spiro atoms. The van der Waals surface area contributed by atoms with Crippen LogP contribution in [0.1, 0.15) is 0 Å². The fourth-order valence-electron chi connectivity index (χ4n) is 0.186. The van der Waals surface area contributed by atoms with Crippen molar-refractivity contribution in [3.05, 3.63) is 17.1 Å². The van der Waals surface area contributed by atoms with E-state index in [0.29, 0.717) is 0 Å². The Morgan fingerprint density at radius 1 is 1.44 bits per heavy atom. The van der Waals surface area contributed by atoms with E-state index in [2.05, 4.69) is 17.1 Å². The van der Waals surface area contributed by atoms with Gasteiger partial charge in [-0.3, -0.25) is 8.19 Å². The van der Waals surface area contributed by atoms with Crippen molar-refractivity contribution in [1.29, 1.82) is 0 Å². The third-order valence-corrected chi connectivity index (χ3v) is 2.31. The second-order valence-electron chi connectivity index (χ2n) is 0.915. The molecule has 0 saturated heterocycles. The van der Waals surface area contributed by atoms with Crippen LogP contribution in [0.2, 0.25) is 0 Å². The molecule has 1 heterocycles. The van der Waals surface area contributed by atoms with Crippen molar-refractivity contribution in [3.63, 3.8) is 0 Å². The summed E-state index contributed by atoms with van der Waals surface area (Å²) in [7, 11) is 17.1. The molecule has 6 heteroatoms. The molecule has 0 amide bonds. The first-order valence-corrected chi connectivity index (χ1v) is 13.5. The van der Waals surface area contributed by atoms with Gasteiger partial charge in [0.15, 0.2) is 0 Å². The maximum atomic E-state index is 5.00. The van der Waals surface area contributed by atoms with Crippen molar-refractivity contribution in [1.82, 2.24) is 0 Å². The van der Waals surface area contributed by atoms with E-state index in [1.165, 1.54) is 8.19 Å². The average molecular weight is 299 g/mol. The molecule has 0 aliphatic carbocycles. The minimum Gasteiger partial charge on any atom is -0.266 e. The van der Waals surface area contributed by atoms with E-state index >= 15 is 0 Å². The van der Waals surface area contributed by atoms with Crippen LogP contribution in [0.15, 0.2) is 11.6 Å². The van der Waals surface area contributed by atoms with Crippen LogP contribution in [0.25, 0.3) is 0 Å². The van der Waals surface area contributed by atoms with E-state index in [4.69, 9.17) is 25.5 Å². The van der Waals surface area contributed by atoms with Crippen LogP contribution >= 0.6 is 41.9 Å². The second-order valence-corrected chi connectivity index (χ2v) is 14.2. The molecule has 0 bridgehead atoms. The fraction of sp³-hybridized carbons (Fsp3) is 0. The van der Waals surface area contributed by atoms with Gasteiger partial charge in [0.25, 0.3) is 0 Å². The predicted molar refractivity (Wildman–Crippen MR) is 44.9 cm³/mol. The van der Waals surface area contributed by atoms with Crippen molar-refractivity contribution >= 4 is 41.9 Å². The molecule has 1 atom stereocenters. The summed E-state index contributed by atoms with van der Waals surface area (Å²) in [5, 5.41) is 0. The van der Waals surface area contributed by atoms with Crippen LogP contribution in [0.5, 0.6) is 0 Å². The second kappa shape index (κ2) is 8.06. The maximum absolute atomic E-state index is 5.00. The van der Waals surface area contributed by atoms with Crippen LogP contribution in [0.4, 0.5) is 0 Å². The van der Waals surface area contributed by atoms with Gasteiger partial charge in [-0.05, 0) is 0 Å². The Morgan fingerprint density at radius 3 is 2.11 bits per heavy atom. The first-order chi connectivity index (χ1) is 4.23. The summed E-state index contributed by atoms with van der Waals surface area (Å²) in [4.78, 5) is 0. The van der Waals surface area contributed by atoms with E-state index in [9.17, 15) is 0 Å². The summed E-state index contributed by atoms with van der Waals surface area (Å²) in [5.41, 5.74) is 3.11. The van der Waals surface area contributed by atoms with Gasteiger partial charge < -0.3 is 0 Å². The molecule has 1 rings (SSSR count). The van der Waals surface area contributed by atoms with Gasteiger partial charge in [-0.1, -0.05) is 0 Å². The number of halogens is 3. The monoisotopic (exact) mass is 296 g/mol. The zero-order chi connectivity index (χ0) is 7.11. The van der Waals surface area contributed by atoms with Crippen molar-refractivity contribution in [2.45, 2.75) is 0 Å². The van der Waals surface area contributed by atoms with E-state index < -0.39 is 18.2 Å². The molecule has 1 aromatic rings. The first kappa shape index (κ1) is 11.0. The van der Waals surface area contributed by atoms with Crippen LogP contribution in [0, 0.1) is 5.53 Å². The molecule has 0 radical (unpaired) electrons. The molecule has 1 unspecified atom stereocenters. The number of rotatable bonds is 0. The summed E-state index contributed by atoms with van der Waals surface area (Å²) >= 11 is -2.13. The Morgan fingerprint density at radius 2 is 2.00 bits per heavy atom. The molecule has 0 nitrogen and oxygen atoms in total. The third-order valence-electron chi connectivity index (χ3n) is 0.362. The molecular formula is C3H3Cl3P2Zr-. The largest absolute Gasteiger partial charge is 0.266 e. The van der Waals surface area contributed by atoms with Gasteiger partial charge in [0, 0.05) is 0 Å². The quantitative estimate of drug-likeness (QED) is 0.631. The Kier molecular flexibility index (Phi) is 9.82. The predicted octanol–water partition coefficient (Wildman–Crippen LogP) is 4.16.